The van der Waals surface area contributed by atoms with Crippen molar-refractivity contribution < 1.29 is 22.7 Å². The maximum absolute atomic E-state index is 12.9. The van der Waals surface area contributed by atoms with Crippen LogP contribution in [0.25, 0.3) is 0 Å². The Kier molecular flexibility index (Phi) is 6.78. The molecule has 2 amide bonds. The molecule has 0 bridgehead atoms. The van der Waals surface area contributed by atoms with E-state index < -0.39 is 22.0 Å². The molecule has 0 radical (unpaired) electrons. The van der Waals surface area contributed by atoms with Crippen molar-refractivity contribution in [3.63, 3.8) is 0 Å². The minimum Gasteiger partial charge on any atom is -0.477 e. The summed E-state index contributed by atoms with van der Waals surface area (Å²) in [4.78, 5) is 26.9. The molecule has 11 heteroatoms. The van der Waals surface area contributed by atoms with Crippen molar-refractivity contribution in [1.82, 2.24) is 9.62 Å². The lowest BCUT2D eigenvalue weighted by Crippen LogP contribution is -2.50. The van der Waals surface area contributed by atoms with E-state index in [0.29, 0.717) is 24.5 Å². The molecule has 33 heavy (non-hydrogen) atoms. The summed E-state index contributed by atoms with van der Waals surface area (Å²) < 4.78 is 32.9. The molecule has 9 nitrogen and oxygen atoms in total. The molecule has 2 aliphatic rings. The van der Waals surface area contributed by atoms with Gasteiger partial charge in [0.1, 0.15) is 5.75 Å². The highest BCUT2D eigenvalue weighted by molar-refractivity contribution is 7.89. The Labute approximate surface area is 197 Å². The Bertz CT molecular complexity index is 1170. The molecule has 0 unspecified atom stereocenters. The van der Waals surface area contributed by atoms with Crippen LogP contribution >= 0.6 is 11.6 Å². The molecule has 0 saturated carbocycles. The first-order chi connectivity index (χ1) is 15.8. The summed E-state index contributed by atoms with van der Waals surface area (Å²) in [5, 5.41) is 5.50. The fourth-order valence-electron chi connectivity index (χ4n) is 3.96. The van der Waals surface area contributed by atoms with Crippen molar-refractivity contribution in [3.8, 4) is 5.75 Å². The number of rotatable bonds is 6. The van der Waals surface area contributed by atoms with Gasteiger partial charge in [-0.1, -0.05) is 23.7 Å². The van der Waals surface area contributed by atoms with Gasteiger partial charge in [0, 0.05) is 20.1 Å². The van der Waals surface area contributed by atoms with E-state index in [9.17, 15) is 18.0 Å². The SMILES string of the molecule is CNC(=O)[C@H]1CN(CC(=O)Nc2cc(S(=O)(=O)N3CCCC3)ccc2Cl)c2ccccc2O1. The second-order valence-electron chi connectivity index (χ2n) is 7.87. The van der Waals surface area contributed by atoms with Crippen LogP contribution in [0.15, 0.2) is 47.4 Å². The molecular formula is C22H25ClN4O5S. The van der Waals surface area contributed by atoms with Gasteiger partial charge in [0.15, 0.2) is 6.10 Å². The molecule has 176 valence electrons. The normalized spacial score (nSPS) is 18.4. The van der Waals surface area contributed by atoms with E-state index in [4.69, 9.17) is 16.3 Å². The van der Waals surface area contributed by atoms with E-state index >= 15 is 0 Å². The zero-order valence-corrected chi connectivity index (χ0v) is 19.7. The van der Waals surface area contributed by atoms with E-state index in [2.05, 4.69) is 10.6 Å². The second kappa shape index (κ2) is 9.58. The fraction of sp³-hybridized carbons (Fsp3) is 0.364. The fourth-order valence-corrected chi connectivity index (χ4v) is 5.66. The van der Waals surface area contributed by atoms with Gasteiger partial charge in [-0.3, -0.25) is 9.59 Å². The predicted molar refractivity (Wildman–Crippen MR) is 125 cm³/mol. The number of amides is 2. The van der Waals surface area contributed by atoms with Crippen molar-refractivity contribution in [2.75, 3.05) is 43.4 Å². The summed E-state index contributed by atoms with van der Waals surface area (Å²) in [6.45, 7) is 1.07. The first-order valence-corrected chi connectivity index (χ1v) is 12.4. The van der Waals surface area contributed by atoms with Crippen molar-refractivity contribution in [3.05, 3.63) is 47.5 Å². The van der Waals surface area contributed by atoms with Crippen LogP contribution in [0.1, 0.15) is 12.8 Å². The number of carbonyl (C=O) groups is 2. The molecule has 2 aliphatic heterocycles. The number of halogens is 1. The van der Waals surface area contributed by atoms with Gasteiger partial charge in [0.05, 0.1) is 34.4 Å². The highest BCUT2D eigenvalue weighted by Gasteiger charge is 2.31. The van der Waals surface area contributed by atoms with Crippen LogP contribution in [-0.2, 0) is 19.6 Å². The van der Waals surface area contributed by atoms with Crippen LogP contribution in [0.4, 0.5) is 11.4 Å². The number of nitrogens with zero attached hydrogens (tertiary/aromatic N) is 2. The highest BCUT2D eigenvalue weighted by atomic mass is 35.5. The van der Waals surface area contributed by atoms with E-state index in [1.807, 2.05) is 6.07 Å². The van der Waals surface area contributed by atoms with Gasteiger partial charge >= 0.3 is 0 Å². The molecule has 2 aromatic carbocycles. The number of fused-ring (bicyclic) bond motifs is 1. The summed E-state index contributed by atoms with van der Waals surface area (Å²) in [6, 6.07) is 11.4. The number of ether oxygens (including phenoxy) is 1. The number of carbonyl (C=O) groups excluding carboxylic acids is 2. The summed E-state index contributed by atoms with van der Waals surface area (Å²) in [6.07, 6.45) is 0.887. The lowest BCUT2D eigenvalue weighted by molar-refractivity contribution is -0.127. The van der Waals surface area contributed by atoms with Crippen LogP contribution in [-0.4, -0.2) is 63.9 Å². The minimum atomic E-state index is -3.65. The summed E-state index contributed by atoms with van der Waals surface area (Å²) in [7, 11) is -2.13. The summed E-state index contributed by atoms with van der Waals surface area (Å²) in [5.41, 5.74) is 0.899. The van der Waals surface area contributed by atoms with E-state index in [0.717, 1.165) is 12.8 Å². The van der Waals surface area contributed by atoms with Gasteiger partial charge in [-0.05, 0) is 43.2 Å². The zero-order valence-electron chi connectivity index (χ0n) is 18.1. The quantitative estimate of drug-likeness (QED) is 0.639. The van der Waals surface area contributed by atoms with Crippen molar-refractivity contribution in [1.29, 1.82) is 0 Å². The van der Waals surface area contributed by atoms with Crippen LogP contribution in [0.2, 0.25) is 5.02 Å². The largest absolute Gasteiger partial charge is 0.477 e. The molecule has 1 saturated heterocycles. The first kappa shape index (κ1) is 23.3. The summed E-state index contributed by atoms with van der Waals surface area (Å²) in [5.74, 6) is -0.195. The number of likely N-dealkylation sites (N-methyl/N-ethyl adjacent to an activating group) is 1. The zero-order chi connectivity index (χ0) is 23.6. The topological polar surface area (TPSA) is 108 Å². The van der Waals surface area contributed by atoms with Gasteiger partial charge in [-0.2, -0.15) is 4.31 Å². The highest BCUT2D eigenvalue weighted by Crippen LogP contribution is 2.33. The van der Waals surface area contributed by atoms with E-state index in [1.54, 1.807) is 23.1 Å². The van der Waals surface area contributed by atoms with Crippen molar-refractivity contribution in [2.45, 2.75) is 23.8 Å². The number of para-hydroxylation sites is 2. The molecule has 0 aromatic heterocycles. The molecule has 2 heterocycles. The average Bonchev–Trinajstić information content (AvgIpc) is 3.36. The third kappa shape index (κ3) is 4.92. The van der Waals surface area contributed by atoms with Crippen LogP contribution in [0.5, 0.6) is 5.75 Å². The van der Waals surface area contributed by atoms with Gasteiger partial charge in [0.2, 0.25) is 15.9 Å². The number of sulfonamides is 1. The third-order valence-corrected chi connectivity index (χ3v) is 7.87. The Morgan fingerprint density at radius 1 is 1.15 bits per heavy atom. The van der Waals surface area contributed by atoms with Crippen molar-refractivity contribution in [2.24, 2.45) is 0 Å². The second-order valence-corrected chi connectivity index (χ2v) is 10.2. The van der Waals surface area contributed by atoms with Crippen LogP contribution in [0, 0.1) is 0 Å². The van der Waals surface area contributed by atoms with Crippen molar-refractivity contribution >= 4 is 44.8 Å². The van der Waals surface area contributed by atoms with Gasteiger partial charge in [-0.25, -0.2) is 8.42 Å². The lowest BCUT2D eigenvalue weighted by Gasteiger charge is -2.35. The molecule has 1 atom stereocenters. The molecule has 4 rings (SSSR count). The number of hydrogen-bond acceptors (Lipinski definition) is 6. The summed E-state index contributed by atoms with van der Waals surface area (Å²) >= 11 is 6.25. The molecule has 2 aromatic rings. The number of benzene rings is 2. The van der Waals surface area contributed by atoms with Gasteiger partial charge in [0.25, 0.3) is 5.91 Å². The minimum absolute atomic E-state index is 0.0761. The number of nitrogens with one attached hydrogen (secondary N) is 2. The molecule has 1 fully saturated rings. The lowest BCUT2D eigenvalue weighted by atomic mass is 10.1. The maximum Gasteiger partial charge on any atom is 0.262 e. The molecular weight excluding hydrogens is 468 g/mol. The number of anilines is 2. The Morgan fingerprint density at radius 3 is 2.61 bits per heavy atom. The average molecular weight is 493 g/mol. The van der Waals surface area contributed by atoms with Crippen LogP contribution in [0.3, 0.4) is 0 Å². The van der Waals surface area contributed by atoms with Crippen LogP contribution < -0.4 is 20.3 Å². The molecule has 0 aliphatic carbocycles. The monoisotopic (exact) mass is 492 g/mol. The van der Waals surface area contributed by atoms with E-state index in [1.165, 1.54) is 29.6 Å². The van der Waals surface area contributed by atoms with E-state index in [-0.39, 0.29) is 34.6 Å². The smallest absolute Gasteiger partial charge is 0.262 e. The number of hydrogen-bond donors (Lipinski definition) is 2. The standard InChI is InChI=1S/C22H25ClN4O5S/c1-24-22(29)20-13-26(18-6-2-3-7-19(18)32-20)14-21(28)25-17-12-15(8-9-16(17)23)33(30,31)27-10-4-5-11-27/h2-3,6-9,12,20H,4-5,10-11,13-14H2,1H3,(H,24,29)(H,25,28)/t20-/m1/s1. The maximum atomic E-state index is 12.9. The Morgan fingerprint density at radius 2 is 1.88 bits per heavy atom. The first-order valence-electron chi connectivity index (χ1n) is 10.6. The Balaban J connectivity index is 1.52. The van der Waals surface area contributed by atoms with Gasteiger partial charge < -0.3 is 20.3 Å². The van der Waals surface area contributed by atoms with Gasteiger partial charge in [-0.15, -0.1) is 0 Å². The predicted octanol–water partition coefficient (Wildman–Crippen LogP) is 2.08. The third-order valence-electron chi connectivity index (χ3n) is 5.65. The molecule has 0 spiro atoms. The molecule has 2 N–H and O–H groups in total. The Hall–Kier alpha value is -2.82.